The van der Waals surface area contributed by atoms with Crippen molar-refractivity contribution < 1.29 is 22.4 Å². The number of likely N-dealkylation sites (tertiary alicyclic amines) is 1. The number of benzene rings is 1. The zero-order chi connectivity index (χ0) is 29.5. The van der Waals surface area contributed by atoms with E-state index in [2.05, 4.69) is 10.4 Å². The van der Waals surface area contributed by atoms with Crippen LogP contribution in [0.25, 0.3) is 11.1 Å². The average molecular weight is 589 g/mol. The zero-order valence-corrected chi connectivity index (χ0v) is 23.9. The molecule has 5 heterocycles. The van der Waals surface area contributed by atoms with Gasteiger partial charge in [-0.15, -0.1) is 0 Å². The van der Waals surface area contributed by atoms with E-state index in [-0.39, 0.29) is 24.2 Å². The molecule has 1 N–H and O–H groups in total. The maximum absolute atomic E-state index is 14.5. The van der Waals surface area contributed by atoms with Crippen LogP contribution in [0.3, 0.4) is 0 Å². The summed E-state index contributed by atoms with van der Waals surface area (Å²) in [7, 11) is 3.36. The zero-order valence-electron chi connectivity index (χ0n) is 23.9. The molecular formula is C29H36F4N8O. The highest BCUT2D eigenvalue weighted by Crippen LogP contribution is 2.43. The number of aromatic nitrogens is 4. The minimum absolute atomic E-state index is 0.0433. The first kappa shape index (κ1) is 28.5. The van der Waals surface area contributed by atoms with Gasteiger partial charge >= 0.3 is 6.03 Å². The maximum atomic E-state index is 14.5. The van der Waals surface area contributed by atoms with Crippen molar-refractivity contribution in [2.75, 3.05) is 44.7 Å². The lowest BCUT2D eigenvalue weighted by Gasteiger charge is -2.34. The number of urea groups is 1. The summed E-state index contributed by atoms with van der Waals surface area (Å²) in [6.45, 7) is 2.39. The molecule has 0 radical (unpaired) electrons. The number of carbonyl (C=O) groups excluding carboxylic acids is 1. The van der Waals surface area contributed by atoms with E-state index in [1.807, 2.05) is 15.6 Å². The van der Waals surface area contributed by atoms with Crippen LogP contribution in [0.5, 0.6) is 0 Å². The number of hydrogen-bond acceptors (Lipinski definition) is 5. The number of aryl methyl sites for hydroxylation is 2. The van der Waals surface area contributed by atoms with Gasteiger partial charge in [-0.1, -0.05) is 0 Å². The van der Waals surface area contributed by atoms with Crippen molar-refractivity contribution in [2.24, 2.45) is 7.05 Å². The molecule has 1 fully saturated rings. The third-order valence-electron chi connectivity index (χ3n) is 8.74. The highest BCUT2D eigenvalue weighted by atomic mass is 19.3. The van der Waals surface area contributed by atoms with Crippen LogP contribution in [0.2, 0.25) is 0 Å². The van der Waals surface area contributed by atoms with E-state index in [1.165, 1.54) is 0 Å². The Hall–Kier alpha value is -3.61. The van der Waals surface area contributed by atoms with Crippen molar-refractivity contribution in [3.05, 3.63) is 46.9 Å². The number of hydrogen-bond donors (Lipinski definition) is 1. The molecule has 0 saturated carbocycles. The summed E-state index contributed by atoms with van der Waals surface area (Å²) in [5.74, 6) is 0.684. The summed E-state index contributed by atoms with van der Waals surface area (Å²) >= 11 is 0. The third kappa shape index (κ3) is 5.34. The normalized spacial score (nSPS) is 18.1. The average Bonchev–Trinajstić information content (AvgIpc) is 3.59. The molecule has 0 atom stereocenters. The van der Waals surface area contributed by atoms with Crippen molar-refractivity contribution in [1.82, 2.24) is 34.7 Å². The number of nitrogens with one attached hydrogen (secondary N) is 1. The molecule has 0 spiro atoms. The number of halogens is 4. The standard InChI is InChI=1S/C29H36F4N8O/c1-34-29(42)39-11-7-24-23(16-39)28(36-41(24)20-5-9-38(10-6-20)17-26(30)31)40-8-3-4-18-12-21(19-14-35-37(2)15-19)22(27(32)33)13-25(18)40/h12-15,20,26-27H,3-11,16-17H2,1-2H3,(H,34,42). The third-order valence-corrected chi connectivity index (χ3v) is 8.74. The Balaban J connectivity index is 1.40. The molecule has 6 rings (SSSR count). The lowest BCUT2D eigenvalue weighted by Crippen LogP contribution is -2.42. The Bertz CT molecular complexity index is 1450. The molecule has 9 nitrogen and oxygen atoms in total. The lowest BCUT2D eigenvalue weighted by atomic mass is 9.92. The molecular weight excluding hydrogens is 552 g/mol. The molecule has 1 saturated heterocycles. The highest BCUT2D eigenvalue weighted by Gasteiger charge is 2.35. The minimum atomic E-state index is -2.68. The summed E-state index contributed by atoms with van der Waals surface area (Å²) < 4.78 is 58.5. The van der Waals surface area contributed by atoms with Crippen molar-refractivity contribution in [3.63, 3.8) is 0 Å². The molecule has 42 heavy (non-hydrogen) atoms. The molecule has 3 aliphatic heterocycles. The van der Waals surface area contributed by atoms with E-state index in [0.29, 0.717) is 74.6 Å². The molecule has 0 bridgehead atoms. The van der Waals surface area contributed by atoms with E-state index in [1.54, 1.807) is 47.0 Å². The highest BCUT2D eigenvalue weighted by molar-refractivity contribution is 5.78. The monoisotopic (exact) mass is 588 g/mol. The van der Waals surface area contributed by atoms with Crippen LogP contribution in [0.4, 0.5) is 33.9 Å². The second kappa shape index (κ2) is 11.6. The first-order valence-electron chi connectivity index (χ1n) is 14.5. The molecule has 226 valence electrons. The van der Waals surface area contributed by atoms with Crippen molar-refractivity contribution >= 4 is 17.5 Å². The van der Waals surface area contributed by atoms with Gasteiger partial charge < -0.3 is 15.1 Å². The Morgan fingerprint density at radius 1 is 1.10 bits per heavy atom. The van der Waals surface area contributed by atoms with Crippen LogP contribution < -0.4 is 10.2 Å². The molecule has 3 aromatic rings. The number of piperidine rings is 1. The Labute approximate surface area is 242 Å². The van der Waals surface area contributed by atoms with Gasteiger partial charge in [0.1, 0.15) is 0 Å². The number of amides is 2. The number of alkyl halides is 4. The van der Waals surface area contributed by atoms with Crippen LogP contribution in [-0.2, 0) is 26.4 Å². The number of anilines is 2. The quantitative estimate of drug-likeness (QED) is 0.415. The summed E-state index contributed by atoms with van der Waals surface area (Å²) in [4.78, 5) is 18.2. The predicted octanol–water partition coefficient (Wildman–Crippen LogP) is 4.91. The fourth-order valence-electron chi connectivity index (χ4n) is 6.68. The molecule has 2 aromatic heterocycles. The van der Waals surface area contributed by atoms with Crippen molar-refractivity contribution in [3.8, 4) is 11.1 Å². The maximum Gasteiger partial charge on any atom is 0.317 e. The van der Waals surface area contributed by atoms with Gasteiger partial charge in [-0.2, -0.15) is 10.2 Å². The summed E-state index contributed by atoms with van der Waals surface area (Å²) in [5, 5.41) is 12.0. The molecule has 2 amide bonds. The minimum Gasteiger partial charge on any atom is -0.341 e. The Morgan fingerprint density at radius 2 is 1.88 bits per heavy atom. The van der Waals surface area contributed by atoms with Gasteiger partial charge in [0, 0.05) is 81.0 Å². The van der Waals surface area contributed by atoms with Gasteiger partial charge in [0.2, 0.25) is 0 Å². The van der Waals surface area contributed by atoms with Gasteiger partial charge in [0.15, 0.2) is 5.82 Å². The largest absolute Gasteiger partial charge is 0.341 e. The van der Waals surface area contributed by atoms with Gasteiger partial charge in [0.25, 0.3) is 12.9 Å². The number of fused-ring (bicyclic) bond motifs is 2. The van der Waals surface area contributed by atoms with E-state index in [0.717, 1.165) is 29.7 Å². The Kier molecular flexibility index (Phi) is 7.86. The van der Waals surface area contributed by atoms with Crippen LogP contribution in [0.1, 0.15) is 54.1 Å². The van der Waals surface area contributed by atoms with Crippen LogP contribution in [0, 0.1) is 0 Å². The Morgan fingerprint density at radius 3 is 2.55 bits per heavy atom. The lowest BCUT2D eigenvalue weighted by molar-refractivity contribution is 0.0685. The van der Waals surface area contributed by atoms with E-state index in [9.17, 15) is 22.4 Å². The summed E-state index contributed by atoms with van der Waals surface area (Å²) in [6, 6.07) is 3.32. The van der Waals surface area contributed by atoms with Crippen LogP contribution in [-0.4, -0.2) is 81.6 Å². The topological polar surface area (TPSA) is 74.5 Å². The first-order valence-corrected chi connectivity index (χ1v) is 14.5. The van der Waals surface area contributed by atoms with E-state index in [4.69, 9.17) is 5.10 Å². The summed E-state index contributed by atoms with van der Waals surface area (Å²) in [6.07, 6.45) is 1.87. The van der Waals surface area contributed by atoms with E-state index < -0.39 is 12.9 Å². The second-order valence-corrected chi connectivity index (χ2v) is 11.4. The van der Waals surface area contributed by atoms with Crippen molar-refractivity contribution in [1.29, 1.82) is 0 Å². The molecule has 0 aliphatic carbocycles. The number of carbonyl (C=O) groups is 1. The number of nitrogens with zero attached hydrogens (tertiary/aromatic N) is 7. The SMILES string of the molecule is CNC(=O)N1CCc2c(c(N3CCCc4cc(-c5cnn(C)c5)c(C(F)F)cc43)nn2C2CCN(CC(F)F)CC2)C1. The first-order chi connectivity index (χ1) is 20.2. The summed E-state index contributed by atoms with van der Waals surface area (Å²) in [5.41, 5.74) is 4.70. The molecule has 0 unspecified atom stereocenters. The van der Waals surface area contributed by atoms with Crippen molar-refractivity contribution in [2.45, 2.75) is 57.5 Å². The van der Waals surface area contributed by atoms with Gasteiger partial charge in [0.05, 0.1) is 25.3 Å². The van der Waals surface area contributed by atoms with Gasteiger partial charge in [-0.25, -0.2) is 22.4 Å². The van der Waals surface area contributed by atoms with Gasteiger partial charge in [-0.05, 0) is 48.9 Å². The molecule has 3 aliphatic rings. The fraction of sp³-hybridized carbons (Fsp3) is 0.552. The number of rotatable bonds is 6. The molecule has 13 heteroatoms. The predicted molar refractivity (Wildman–Crippen MR) is 150 cm³/mol. The molecule has 1 aromatic carbocycles. The second-order valence-electron chi connectivity index (χ2n) is 11.4. The smallest absolute Gasteiger partial charge is 0.317 e. The van der Waals surface area contributed by atoms with E-state index >= 15 is 0 Å². The van der Waals surface area contributed by atoms with Gasteiger partial charge in [-0.3, -0.25) is 14.3 Å². The van der Waals surface area contributed by atoms with Crippen LogP contribution in [0.15, 0.2) is 24.5 Å². The fourth-order valence-corrected chi connectivity index (χ4v) is 6.68. The van der Waals surface area contributed by atoms with Crippen LogP contribution >= 0.6 is 0 Å².